The van der Waals surface area contributed by atoms with Crippen LogP contribution in [0, 0.1) is 13.8 Å². The van der Waals surface area contributed by atoms with E-state index in [1.165, 1.54) is 0 Å². The number of amides is 1. The van der Waals surface area contributed by atoms with Crippen molar-refractivity contribution in [1.29, 1.82) is 0 Å². The second-order valence-corrected chi connectivity index (χ2v) is 5.86. The Kier molecular flexibility index (Phi) is 5.57. The molecule has 0 aliphatic heterocycles. The Labute approximate surface area is 121 Å². The minimum absolute atomic E-state index is 0.0205. The van der Waals surface area contributed by atoms with Crippen LogP contribution in [0.4, 0.5) is 0 Å². The van der Waals surface area contributed by atoms with Gasteiger partial charge in [0, 0.05) is 13.6 Å². The average molecular weight is 279 g/mol. The highest BCUT2D eigenvalue weighted by molar-refractivity contribution is 5.77. The first kappa shape index (κ1) is 16.5. The quantitative estimate of drug-likeness (QED) is 0.869. The zero-order valence-corrected chi connectivity index (χ0v) is 13.1. The first-order valence-electron chi connectivity index (χ1n) is 6.86. The highest BCUT2D eigenvalue weighted by atomic mass is 16.5. The zero-order chi connectivity index (χ0) is 15.3. The van der Waals surface area contributed by atoms with Gasteiger partial charge < -0.3 is 14.7 Å². The molecule has 0 bridgehead atoms. The summed E-state index contributed by atoms with van der Waals surface area (Å²) in [7, 11) is 1.72. The van der Waals surface area contributed by atoms with Crippen LogP contribution in [-0.4, -0.2) is 41.7 Å². The minimum atomic E-state index is -0.761. The van der Waals surface area contributed by atoms with Gasteiger partial charge in [0.25, 0.3) is 5.91 Å². The molecular formula is C16H25NO3. The fourth-order valence-electron chi connectivity index (χ4n) is 1.70. The van der Waals surface area contributed by atoms with Gasteiger partial charge in [-0.1, -0.05) is 12.1 Å². The molecule has 0 radical (unpaired) electrons. The SMILES string of the molecule is Cc1cccc(OCC(=O)N(C)CCC(C)(C)O)c1C. The topological polar surface area (TPSA) is 49.8 Å². The van der Waals surface area contributed by atoms with E-state index in [4.69, 9.17) is 4.74 Å². The molecule has 4 nitrogen and oxygen atoms in total. The largest absolute Gasteiger partial charge is 0.483 e. The van der Waals surface area contributed by atoms with Crippen molar-refractivity contribution in [2.24, 2.45) is 0 Å². The van der Waals surface area contributed by atoms with E-state index in [1.807, 2.05) is 32.0 Å². The van der Waals surface area contributed by atoms with Crippen LogP contribution in [0.15, 0.2) is 18.2 Å². The van der Waals surface area contributed by atoms with Crippen molar-refractivity contribution >= 4 is 5.91 Å². The molecular weight excluding hydrogens is 254 g/mol. The third kappa shape index (κ3) is 5.21. The van der Waals surface area contributed by atoms with E-state index in [-0.39, 0.29) is 12.5 Å². The molecule has 0 atom stereocenters. The lowest BCUT2D eigenvalue weighted by Gasteiger charge is -2.23. The van der Waals surface area contributed by atoms with Crippen molar-refractivity contribution in [3.63, 3.8) is 0 Å². The zero-order valence-electron chi connectivity index (χ0n) is 13.1. The van der Waals surface area contributed by atoms with Gasteiger partial charge in [-0.15, -0.1) is 0 Å². The molecule has 0 fully saturated rings. The molecule has 0 aliphatic carbocycles. The van der Waals surface area contributed by atoms with E-state index in [9.17, 15) is 9.90 Å². The molecule has 0 aliphatic rings. The maximum atomic E-state index is 11.9. The smallest absolute Gasteiger partial charge is 0.260 e. The summed E-state index contributed by atoms with van der Waals surface area (Å²) in [6, 6.07) is 5.80. The van der Waals surface area contributed by atoms with Crippen LogP contribution in [0.1, 0.15) is 31.4 Å². The Morgan fingerprint density at radius 2 is 2.00 bits per heavy atom. The van der Waals surface area contributed by atoms with Crippen molar-refractivity contribution in [1.82, 2.24) is 4.90 Å². The third-order valence-electron chi connectivity index (χ3n) is 3.39. The lowest BCUT2D eigenvalue weighted by Crippen LogP contribution is -2.35. The van der Waals surface area contributed by atoms with E-state index in [2.05, 4.69) is 0 Å². The molecule has 0 saturated heterocycles. The Hall–Kier alpha value is -1.55. The molecule has 4 heteroatoms. The predicted molar refractivity (Wildman–Crippen MR) is 80.0 cm³/mol. The first-order valence-corrected chi connectivity index (χ1v) is 6.86. The van der Waals surface area contributed by atoms with Crippen molar-refractivity contribution in [3.8, 4) is 5.75 Å². The summed E-state index contributed by atoms with van der Waals surface area (Å²) in [6.45, 7) is 7.99. The fourth-order valence-corrected chi connectivity index (χ4v) is 1.70. The van der Waals surface area contributed by atoms with Crippen LogP contribution >= 0.6 is 0 Å². The van der Waals surface area contributed by atoms with E-state index < -0.39 is 5.60 Å². The van der Waals surface area contributed by atoms with Crippen LogP contribution in [-0.2, 0) is 4.79 Å². The second-order valence-electron chi connectivity index (χ2n) is 5.86. The van der Waals surface area contributed by atoms with Crippen molar-refractivity contribution < 1.29 is 14.6 Å². The number of nitrogens with zero attached hydrogens (tertiary/aromatic N) is 1. The van der Waals surface area contributed by atoms with Crippen LogP contribution in [0.5, 0.6) is 5.75 Å². The summed E-state index contributed by atoms with van der Waals surface area (Å²) in [5.74, 6) is 0.657. The number of likely N-dealkylation sites (N-methyl/N-ethyl adjacent to an activating group) is 1. The second kappa shape index (κ2) is 6.75. The number of ether oxygens (including phenoxy) is 1. The van der Waals surface area contributed by atoms with Gasteiger partial charge in [0.15, 0.2) is 6.61 Å². The molecule has 0 aromatic heterocycles. The number of carbonyl (C=O) groups is 1. The predicted octanol–water partition coefficient (Wildman–Crippen LogP) is 2.30. The van der Waals surface area contributed by atoms with Gasteiger partial charge in [-0.3, -0.25) is 4.79 Å². The maximum absolute atomic E-state index is 11.9. The van der Waals surface area contributed by atoms with Gasteiger partial charge in [0.05, 0.1) is 5.60 Å². The van der Waals surface area contributed by atoms with Gasteiger partial charge >= 0.3 is 0 Å². The summed E-state index contributed by atoms with van der Waals surface area (Å²) >= 11 is 0. The number of hydrogen-bond acceptors (Lipinski definition) is 3. The number of aliphatic hydroxyl groups is 1. The van der Waals surface area contributed by atoms with Gasteiger partial charge in [0.1, 0.15) is 5.75 Å². The van der Waals surface area contributed by atoms with E-state index in [1.54, 1.807) is 25.8 Å². The Morgan fingerprint density at radius 3 is 2.60 bits per heavy atom. The molecule has 1 aromatic rings. The summed E-state index contributed by atoms with van der Waals surface area (Å²) in [5.41, 5.74) is 1.44. The number of aryl methyl sites for hydroxylation is 1. The molecule has 112 valence electrons. The summed E-state index contributed by atoms with van der Waals surface area (Å²) in [4.78, 5) is 13.5. The number of rotatable bonds is 6. The van der Waals surface area contributed by atoms with Gasteiger partial charge in [-0.25, -0.2) is 0 Å². The Morgan fingerprint density at radius 1 is 1.35 bits per heavy atom. The molecule has 1 aromatic carbocycles. The van der Waals surface area contributed by atoms with Crippen molar-refractivity contribution in [2.45, 2.75) is 39.7 Å². The summed E-state index contributed by atoms with van der Waals surface area (Å²) < 4.78 is 5.58. The minimum Gasteiger partial charge on any atom is -0.483 e. The van der Waals surface area contributed by atoms with Crippen LogP contribution in [0.25, 0.3) is 0 Å². The highest BCUT2D eigenvalue weighted by Gasteiger charge is 2.16. The molecule has 0 spiro atoms. The van der Waals surface area contributed by atoms with Crippen LogP contribution in [0.3, 0.4) is 0 Å². The molecule has 20 heavy (non-hydrogen) atoms. The lowest BCUT2D eigenvalue weighted by atomic mass is 10.1. The maximum Gasteiger partial charge on any atom is 0.260 e. The van der Waals surface area contributed by atoms with E-state index in [0.29, 0.717) is 13.0 Å². The van der Waals surface area contributed by atoms with Crippen molar-refractivity contribution in [3.05, 3.63) is 29.3 Å². The Bertz CT molecular complexity index is 463. The first-order chi connectivity index (χ1) is 9.20. The van der Waals surface area contributed by atoms with Gasteiger partial charge in [-0.2, -0.15) is 0 Å². The summed E-state index contributed by atoms with van der Waals surface area (Å²) in [6.07, 6.45) is 0.540. The molecule has 0 saturated carbocycles. The van der Waals surface area contributed by atoms with Gasteiger partial charge in [0.2, 0.25) is 0 Å². The van der Waals surface area contributed by atoms with Crippen molar-refractivity contribution in [2.75, 3.05) is 20.2 Å². The molecule has 0 unspecified atom stereocenters. The standard InChI is InChI=1S/C16H25NO3/c1-12-7-6-8-14(13(12)2)20-11-15(18)17(5)10-9-16(3,4)19/h6-8,19H,9-11H2,1-5H3. The molecule has 1 amide bonds. The third-order valence-corrected chi connectivity index (χ3v) is 3.39. The molecule has 0 heterocycles. The highest BCUT2D eigenvalue weighted by Crippen LogP contribution is 2.20. The van der Waals surface area contributed by atoms with Crippen LogP contribution < -0.4 is 4.74 Å². The molecule has 1 rings (SSSR count). The Balaban J connectivity index is 2.49. The monoisotopic (exact) mass is 279 g/mol. The van der Waals surface area contributed by atoms with E-state index >= 15 is 0 Å². The summed E-state index contributed by atoms with van der Waals surface area (Å²) in [5, 5.41) is 9.65. The normalized spacial score (nSPS) is 11.3. The molecule has 1 N–H and O–H groups in total. The van der Waals surface area contributed by atoms with Crippen LogP contribution in [0.2, 0.25) is 0 Å². The number of hydrogen-bond donors (Lipinski definition) is 1. The number of carbonyl (C=O) groups excluding carboxylic acids is 1. The average Bonchev–Trinajstić information content (AvgIpc) is 2.36. The lowest BCUT2D eigenvalue weighted by molar-refractivity contribution is -0.132. The van der Waals surface area contributed by atoms with Gasteiger partial charge in [-0.05, 0) is 51.3 Å². The fraction of sp³-hybridized carbons (Fsp3) is 0.562. The number of benzene rings is 1. The van der Waals surface area contributed by atoms with E-state index in [0.717, 1.165) is 16.9 Å².